The summed E-state index contributed by atoms with van der Waals surface area (Å²) in [6.07, 6.45) is -0.0973. The maximum Gasteiger partial charge on any atom is 0.416 e. The zero-order valence-electron chi connectivity index (χ0n) is 21.3. The summed E-state index contributed by atoms with van der Waals surface area (Å²) in [5.41, 5.74) is 0.375. The number of hydrogen-bond donors (Lipinski definition) is 2. The van der Waals surface area contributed by atoms with Gasteiger partial charge in [0.1, 0.15) is 17.5 Å². The summed E-state index contributed by atoms with van der Waals surface area (Å²) in [6, 6.07) is 9.82. The van der Waals surface area contributed by atoms with E-state index in [4.69, 9.17) is 0 Å². The molecule has 1 saturated carbocycles. The molecule has 0 saturated heterocycles. The Hall–Kier alpha value is -3.21. The second-order valence-corrected chi connectivity index (χ2v) is 10.9. The molecule has 0 unspecified atom stereocenters. The smallest absolute Gasteiger partial charge is 0.352 e. The van der Waals surface area contributed by atoms with E-state index in [9.17, 15) is 31.8 Å². The number of hydrogen-bond acceptors (Lipinski definition) is 4. The largest absolute Gasteiger partial charge is 0.416 e. The lowest BCUT2D eigenvalue weighted by molar-refractivity contribution is -0.137. The Bertz CT molecular complexity index is 1160. The van der Waals surface area contributed by atoms with Crippen molar-refractivity contribution < 1.29 is 31.8 Å². The zero-order valence-corrected chi connectivity index (χ0v) is 22.2. The third-order valence-electron chi connectivity index (χ3n) is 6.35. The van der Waals surface area contributed by atoms with E-state index in [1.54, 1.807) is 24.3 Å². The van der Waals surface area contributed by atoms with Crippen LogP contribution in [-0.4, -0.2) is 45.5 Å². The first-order chi connectivity index (χ1) is 17.9. The molecule has 2 atom stereocenters. The van der Waals surface area contributed by atoms with Crippen LogP contribution in [0.1, 0.15) is 50.2 Å². The number of nitrogens with zero attached hydrogens (tertiary/aromatic N) is 1. The molecular formula is C27H32F3N3O4S. The maximum atomic E-state index is 13.4. The number of rotatable bonds is 9. The molecule has 2 aromatic carbocycles. The quantitative estimate of drug-likeness (QED) is 0.477. The molecule has 11 heteroatoms. The highest BCUT2D eigenvalue weighted by Crippen LogP contribution is 2.32. The van der Waals surface area contributed by atoms with Gasteiger partial charge in [0.2, 0.25) is 17.7 Å². The molecule has 7 nitrogen and oxygen atoms in total. The molecule has 2 N–H and O–H groups in total. The first kappa shape index (κ1) is 29.3. The molecule has 38 heavy (non-hydrogen) atoms. The molecule has 3 rings (SSSR count). The minimum Gasteiger partial charge on any atom is -0.352 e. The van der Waals surface area contributed by atoms with Crippen molar-refractivity contribution in [2.75, 3.05) is 21.7 Å². The van der Waals surface area contributed by atoms with E-state index in [2.05, 4.69) is 10.6 Å². The van der Waals surface area contributed by atoms with Crippen molar-refractivity contribution in [1.29, 1.82) is 0 Å². The molecule has 3 amide bonds. The van der Waals surface area contributed by atoms with Crippen molar-refractivity contribution in [2.24, 2.45) is 0 Å². The highest BCUT2D eigenvalue weighted by Gasteiger charge is 2.34. The van der Waals surface area contributed by atoms with Gasteiger partial charge in [0, 0.05) is 28.2 Å². The van der Waals surface area contributed by atoms with E-state index >= 15 is 0 Å². The molecule has 0 bridgehead atoms. The van der Waals surface area contributed by atoms with E-state index in [1.165, 1.54) is 13.0 Å². The Kier molecular flexibility index (Phi) is 10.1. The number of aryl methyl sites for hydroxylation is 1. The van der Waals surface area contributed by atoms with Crippen molar-refractivity contribution >= 4 is 39.9 Å². The Morgan fingerprint density at radius 3 is 2.32 bits per heavy atom. The predicted molar refractivity (Wildman–Crippen MR) is 141 cm³/mol. The molecule has 206 valence electrons. The summed E-state index contributed by atoms with van der Waals surface area (Å²) >= 11 is 0. The Morgan fingerprint density at radius 2 is 1.68 bits per heavy atom. The van der Waals surface area contributed by atoms with E-state index in [-0.39, 0.29) is 11.7 Å². The van der Waals surface area contributed by atoms with E-state index in [0.717, 1.165) is 60.8 Å². The Labute approximate surface area is 222 Å². The third-order valence-corrected chi connectivity index (χ3v) is 7.50. The van der Waals surface area contributed by atoms with Crippen LogP contribution in [0.2, 0.25) is 0 Å². The van der Waals surface area contributed by atoms with Gasteiger partial charge in [0.05, 0.1) is 5.56 Å². The Balaban J connectivity index is 1.75. The van der Waals surface area contributed by atoms with Gasteiger partial charge in [-0.2, -0.15) is 13.2 Å². The van der Waals surface area contributed by atoms with Gasteiger partial charge in [0.15, 0.2) is 0 Å². The second-order valence-electron chi connectivity index (χ2n) is 9.47. The molecule has 2 aromatic rings. The van der Waals surface area contributed by atoms with Crippen molar-refractivity contribution in [3.05, 3.63) is 59.7 Å². The van der Waals surface area contributed by atoms with Crippen LogP contribution in [0.15, 0.2) is 48.5 Å². The van der Waals surface area contributed by atoms with Crippen LogP contribution >= 0.6 is 0 Å². The molecule has 1 aliphatic carbocycles. The summed E-state index contributed by atoms with van der Waals surface area (Å²) < 4.78 is 52.8. The molecule has 0 aromatic heterocycles. The van der Waals surface area contributed by atoms with Crippen molar-refractivity contribution in [3.63, 3.8) is 0 Å². The SMILES string of the molecule is Cc1ccc(NC(=O)C[S@@](=O)CC(=O)N(c2cccc(C(F)(F)F)c2)[C@@H](C)C(=O)NC2CCCCC2)cc1. The summed E-state index contributed by atoms with van der Waals surface area (Å²) in [7, 11) is -1.97. The normalized spacial score (nSPS) is 15.8. The lowest BCUT2D eigenvalue weighted by Crippen LogP contribution is -2.52. The molecule has 0 radical (unpaired) electrons. The van der Waals surface area contributed by atoms with Crippen LogP contribution in [0.3, 0.4) is 0 Å². The Morgan fingerprint density at radius 1 is 1.03 bits per heavy atom. The molecule has 1 aliphatic rings. The second kappa shape index (κ2) is 13.0. The van der Waals surface area contributed by atoms with E-state index in [0.29, 0.717) is 5.69 Å². The number of anilines is 2. The van der Waals surface area contributed by atoms with E-state index < -0.39 is 57.8 Å². The van der Waals surface area contributed by atoms with Gasteiger partial charge < -0.3 is 10.6 Å². The first-order valence-corrected chi connectivity index (χ1v) is 13.9. The zero-order chi connectivity index (χ0) is 27.9. The lowest BCUT2D eigenvalue weighted by Gasteiger charge is -2.31. The molecule has 0 spiro atoms. The van der Waals surface area contributed by atoms with Gasteiger partial charge in [-0.1, -0.05) is 43.0 Å². The van der Waals surface area contributed by atoms with Gasteiger partial charge in [0.25, 0.3) is 0 Å². The topological polar surface area (TPSA) is 95.6 Å². The number of benzene rings is 2. The number of amides is 3. The standard InChI is InChI=1S/C27H32F3N3O4S/c1-18-11-13-22(14-12-18)31-24(34)16-38(37)17-25(35)33(23-10-6-7-20(15-23)27(28,29)30)19(2)26(36)32-21-8-4-3-5-9-21/h6-7,10-15,19,21H,3-5,8-9,16-17H2,1-2H3,(H,31,34)(H,32,36)/t19-,38+/m0/s1. The van der Waals surface area contributed by atoms with Crippen LogP contribution < -0.4 is 15.5 Å². The van der Waals surface area contributed by atoms with Gasteiger partial charge in [-0.25, -0.2) is 0 Å². The summed E-state index contributed by atoms with van der Waals surface area (Å²) in [6.45, 7) is 3.31. The minimum atomic E-state index is -4.66. The lowest BCUT2D eigenvalue weighted by atomic mass is 9.95. The number of halogens is 3. The number of carbonyl (C=O) groups is 3. The number of carbonyl (C=O) groups excluding carboxylic acids is 3. The average molecular weight is 552 g/mol. The van der Waals surface area contributed by atoms with Crippen LogP contribution in [-0.2, 0) is 31.4 Å². The highest BCUT2D eigenvalue weighted by molar-refractivity contribution is 7.86. The fourth-order valence-corrected chi connectivity index (χ4v) is 5.22. The fourth-order valence-electron chi connectivity index (χ4n) is 4.34. The molecule has 1 fully saturated rings. The van der Waals surface area contributed by atoms with Crippen molar-refractivity contribution in [1.82, 2.24) is 5.32 Å². The molecular weight excluding hydrogens is 519 g/mol. The van der Waals surface area contributed by atoms with Crippen molar-refractivity contribution in [3.8, 4) is 0 Å². The highest BCUT2D eigenvalue weighted by atomic mass is 32.2. The van der Waals surface area contributed by atoms with Gasteiger partial charge in [-0.05, 0) is 57.0 Å². The molecule has 0 aliphatic heterocycles. The first-order valence-electron chi connectivity index (χ1n) is 12.4. The van der Waals surface area contributed by atoms with Crippen LogP contribution in [0, 0.1) is 6.92 Å². The summed E-state index contributed by atoms with van der Waals surface area (Å²) in [5.74, 6) is -3.03. The van der Waals surface area contributed by atoms with Gasteiger partial charge in [-0.15, -0.1) is 0 Å². The van der Waals surface area contributed by atoms with Crippen LogP contribution in [0.25, 0.3) is 0 Å². The van der Waals surface area contributed by atoms with Gasteiger partial charge >= 0.3 is 6.18 Å². The molecule has 0 heterocycles. The monoisotopic (exact) mass is 551 g/mol. The number of alkyl halides is 3. The minimum absolute atomic E-state index is 0.0724. The van der Waals surface area contributed by atoms with Crippen molar-refractivity contribution in [2.45, 2.75) is 64.2 Å². The third kappa shape index (κ3) is 8.41. The van der Waals surface area contributed by atoms with Crippen LogP contribution in [0.5, 0.6) is 0 Å². The average Bonchev–Trinajstić information content (AvgIpc) is 2.85. The van der Waals surface area contributed by atoms with Gasteiger partial charge in [-0.3, -0.25) is 23.5 Å². The van der Waals surface area contributed by atoms with Crippen LogP contribution in [0.4, 0.5) is 24.5 Å². The summed E-state index contributed by atoms with van der Waals surface area (Å²) in [5, 5.41) is 5.49. The summed E-state index contributed by atoms with van der Waals surface area (Å²) in [4.78, 5) is 39.6. The maximum absolute atomic E-state index is 13.4. The number of nitrogens with one attached hydrogen (secondary N) is 2. The predicted octanol–water partition coefficient (Wildman–Crippen LogP) is 4.57. The van der Waals surface area contributed by atoms with E-state index in [1.807, 2.05) is 6.92 Å². The fraction of sp³-hybridized carbons (Fsp3) is 0.444.